The molecule has 2 nitrogen and oxygen atoms in total. The molecule has 0 aliphatic heterocycles. The maximum Gasteiger partial charge on any atom is 0.0540 e. The Morgan fingerprint density at radius 1 is 0.450 bits per heavy atom. The molecule has 6 aromatic carbocycles. The van der Waals surface area contributed by atoms with E-state index in [9.17, 15) is 0 Å². The molecule has 0 aromatic heterocycles. The number of hydrogen-bond donors (Lipinski definition) is 0. The van der Waals surface area contributed by atoms with Crippen molar-refractivity contribution in [2.45, 2.75) is 138 Å². The second kappa shape index (κ2) is 17.1. The van der Waals surface area contributed by atoms with E-state index in [4.69, 9.17) is 0 Å². The molecule has 0 saturated carbocycles. The summed E-state index contributed by atoms with van der Waals surface area (Å²) in [5.41, 5.74) is 17.2. The zero-order valence-corrected chi connectivity index (χ0v) is 39.6. The lowest BCUT2D eigenvalue weighted by atomic mass is 9.77. The van der Waals surface area contributed by atoms with Gasteiger partial charge in [0.05, 0.1) is 5.69 Å². The summed E-state index contributed by atoms with van der Waals surface area (Å²) in [6, 6.07) is 50.7. The summed E-state index contributed by atoms with van der Waals surface area (Å²) in [6.45, 7) is 34.7. The minimum Gasteiger partial charge on any atom is -0.310 e. The number of benzene rings is 6. The van der Waals surface area contributed by atoms with Gasteiger partial charge in [0, 0.05) is 34.0 Å². The summed E-state index contributed by atoms with van der Waals surface area (Å²) in [7, 11) is 0. The Labute approximate surface area is 364 Å². The highest BCUT2D eigenvalue weighted by Crippen LogP contribution is 2.47. The first-order valence-electron chi connectivity index (χ1n) is 22.3. The maximum atomic E-state index is 2.52. The lowest BCUT2D eigenvalue weighted by Crippen LogP contribution is -2.21. The fourth-order valence-corrected chi connectivity index (χ4v) is 8.41. The van der Waals surface area contributed by atoms with Crippen molar-refractivity contribution >= 4 is 34.1 Å². The van der Waals surface area contributed by atoms with Gasteiger partial charge in [-0.1, -0.05) is 169 Å². The standard InChI is InChI=1S/C58H72N2/c1-40(2)33-34-58(14,15)53-31-30-49(36-42(53)4)60(54-32-21-41(3)35-52(54)43-19-17-16-18-20-43)51-38-46(57(11,12)13)37-50(39-51)59(47-26-22-44(23-27-47)55(5,6)7)48-28-24-45(25-29-48)56(8,9)10/h16-32,35-40H,33-34H2,1-15H3. The molecule has 2 heteroatoms. The predicted octanol–water partition coefficient (Wildman–Crippen LogP) is 17.5. The molecule has 6 aromatic rings. The predicted molar refractivity (Wildman–Crippen MR) is 264 cm³/mol. The molecule has 0 heterocycles. The highest BCUT2D eigenvalue weighted by atomic mass is 15.2. The highest BCUT2D eigenvalue weighted by molar-refractivity contribution is 5.90. The van der Waals surface area contributed by atoms with Crippen LogP contribution >= 0.6 is 0 Å². The summed E-state index contributed by atoms with van der Waals surface area (Å²) >= 11 is 0. The second-order valence-electron chi connectivity index (χ2n) is 21.5. The van der Waals surface area contributed by atoms with Crippen LogP contribution in [0, 0.1) is 19.8 Å². The third-order valence-electron chi connectivity index (χ3n) is 12.3. The van der Waals surface area contributed by atoms with Crippen molar-refractivity contribution in [3.8, 4) is 11.1 Å². The molecule has 314 valence electrons. The monoisotopic (exact) mass is 797 g/mol. The van der Waals surface area contributed by atoms with Crippen molar-refractivity contribution in [2.75, 3.05) is 9.80 Å². The molecule has 0 radical (unpaired) electrons. The van der Waals surface area contributed by atoms with Gasteiger partial charge in [-0.15, -0.1) is 0 Å². The van der Waals surface area contributed by atoms with Crippen LogP contribution in [-0.2, 0) is 21.7 Å². The minimum absolute atomic E-state index is 0.0549. The Kier molecular flexibility index (Phi) is 12.7. The number of anilines is 6. The van der Waals surface area contributed by atoms with Gasteiger partial charge in [-0.3, -0.25) is 0 Å². The van der Waals surface area contributed by atoms with Crippen LogP contribution in [0.5, 0.6) is 0 Å². The molecule has 0 N–H and O–H groups in total. The molecular weight excluding hydrogens is 725 g/mol. The Morgan fingerprint density at radius 3 is 1.43 bits per heavy atom. The molecule has 0 atom stereocenters. The van der Waals surface area contributed by atoms with E-state index in [2.05, 4.69) is 247 Å². The summed E-state index contributed by atoms with van der Waals surface area (Å²) in [6.07, 6.45) is 2.37. The van der Waals surface area contributed by atoms with Crippen molar-refractivity contribution in [2.24, 2.45) is 5.92 Å². The zero-order valence-electron chi connectivity index (χ0n) is 39.6. The van der Waals surface area contributed by atoms with E-state index >= 15 is 0 Å². The van der Waals surface area contributed by atoms with Gasteiger partial charge in [0.15, 0.2) is 0 Å². The van der Waals surface area contributed by atoms with Gasteiger partial charge >= 0.3 is 0 Å². The molecule has 0 fully saturated rings. The van der Waals surface area contributed by atoms with Gasteiger partial charge in [0.25, 0.3) is 0 Å². The second-order valence-corrected chi connectivity index (χ2v) is 21.5. The van der Waals surface area contributed by atoms with E-state index < -0.39 is 0 Å². The number of rotatable bonds is 11. The number of aryl methyl sites for hydroxylation is 2. The lowest BCUT2D eigenvalue weighted by molar-refractivity contribution is 0.413. The maximum absolute atomic E-state index is 2.52. The third-order valence-corrected chi connectivity index (χ3v) is 12.3. The summed E-state index contributed by atoms with van der Waals surface area (Å²) in [4.78, 5) is 4.97. The van der Waals surface area contributed by atoms with Gasteiger partial charge in [-0.05, 0) is 148 Å². The van der Waals surface area contributed by atoms with E-state index in [-0.39, 0.29) is 21.7 Å². The molecule has 0 spiro atoms. The average molecular weight is 797 g/mol. The normalized spacial score (nSPS) is 12.5. The molecule has 0 aliphatic carbocycles. The van der Waals surface area contributed by atoms with Crippen molar-refractivity contribution < 1.29 is 0 Å². The Morgan fingerprint density at radius 2 is 0.950 bits per heavy atom. The first-order chi connectivity index (χ1) is 28.0. The van der Waals surface area contributed by atoms with Crippen molar-refractivity contribution in [1.29, 1.82) is 0 Å². The zero-order chi connectivity index (χ0) is 43.8. The van der Waals surface area contributed by atoms with Gasteiger partial charge in [0.1, 0.15) is 0 Å². The third kappa shape index (κ3) is 10.1. The van der Waals surface area contributed by atoms with E-state index in [0.717, 1.165) is 40.5 Å². The van der Waals surface area contributed by atoms with Crippen molar-refractivity contribution in [1.82, 2.24) is 0 Å². The Hall–Kier alpha value is -5.08. The van der Waals surface area contributed by atoms with Crippen LogP contribution in [0.1, 0.15) is 136 Å². The highest BCUT2D eigenvalue weighted by Gasteiger charge is 2.28. The minimum atomic E-state index is -0.121. The molecule has 60 heavy (non-hydrogen) atoms. The Bertz CT molecular complexity index is 2320. The molecule has 0 bridgehead atoms. The SMILES string of the molecule is Cc1ccc(N(c2cc(N(c3ccc(C(C)(C)C)cc3)c3ccc(C(C)(C)C)cc3)cc(C(C)(C)C)c2)c2ccc(C(C)(C)CCC(C)C)c(C)c2)c(-c2ccccc2)c1. The van der Waals surface area contributed by atoms with Crippen molar-refractivity contribution in [3.63, 3.8) is 0 Å². The van der Waals surface area contributed by atoms with Gasteiger partial charge in [0.2, 0.25) is 0 Å². The van der Waals surface area contributed by atoms with Gasteiger partial charge in [-0.2, -0.15) is 0 Å². The first-order valence-corrected chi connectivity index (χ1v) is 22.3. The number of hydrogen-bond acceptors (Lipinski definition) is 2. The molecule has 0 unspecified atom stereocenters. The van der Waals surface area contributed by atoms with Crippen LogP contribution in [0.4, 0.5) is 34.1 Å². The largest absolute Gasteiger partial charge is 0.310 e. The van der Waals surface area contributed by atoms with Crippen LogP contribution in [0.25, 0.3) is 11.1 Å². The van der Waals surface area contributed by atoms with Gasteiger partial charge in [-0.25, -0.2) is 0 Å². The molecule has 0 amide bonds. The van der Waals surface area contributed by atoms with Crippen LogP contribution in [0.3, 0.4) is 0 Å². The molecule has 6 rings (SSSR count). The van der Waals surface area contributed by atoms with Crippen molar-refractivity contribution in [3.05, 3.63) is 167 Å². The Balaban J connectivity index is 1.65. The van der Waals surface area contributed by atoms with E-state index in [0.29, 0.717) is 5.92 Å². The number of nitrogens with zero attached hydrogens (tertiary/aromatic N) is 2. The van der Waals surface area contributed by atoms with Crippen LogP contribution in [0.2, 0.25) is 0 Å². The van der Waals surface area contributed by atoms with Crippen LogP contribution in [-0.4, -0.2) is 0 Å². The van der Waals surface area contributed by atoms with E-state index in [1.165, 1.54) is 50.9 Å². The molecular formula is C58H72N2. The first kappa shape index (κ1) is 44.5. The summed E-state index contributed by atoms with van der Waals surface area (Å²) in [5.74, 6) is 0.675. The average Bonchev–Trinajstić information content (AvgIpc) is 3.17. The van der Waals surface area contributed by atoms with E-state index in [1.54, 1.807) is 0 Å². The molecule has 0 saturated heterocycles. The van der Waals surface area contributed by atoms with Crippen LogP contribution in [0.15, 0.2) is 133 Å². The van der Waals surface area contributed by atoms with Crippen LogP contribution < -0.4 is 9.80 Å². The molecule has 0 aliphatic rings. The van der Waals surface area contributed by atoms with Gasteiger partial charge < -0.3 is 9.80 Å². The fourth-order valence-electron chi connectivity index (χ4n) is 8.41. The topological polar surface area (TPSA) is 6.48 Å². The summed E-state index contributed by atoms with van der Waals surface area (Å²) in [5, 5.41) is 0. The lowest BCUT2D eigenvalue weighted by Gasteiger charge is -2.34. The smallest absolute Gasteiger partial charge is 0.0540 e. The quantitative estimate of drug-likeness (QED) is 0.129. The van der Waals surface area contributed by atoms with E-state index in [1.807, 2.05) is 0 Å². The fraction of sp³-hybridized carbons (Fsp3) is 0.379. The summed E-state index contributed by atoms with van der Waals surface area (Å²) < 4.78 is 0.